The number of carbonyl (C=O) groups excluding carboxylic acids is 4. The predicted octanol–water partition coefficient (Wildman–Crippen LogP) is 2.43. The summed E-state index contributed by atoms with van der Waals surface area (Å²) in [5.74, 6) is -1.32. The second-order valence-electron chi connectivity index (χ2n) is 8.39. The molecule has 0 aromatic heterocycles. The molecule has 2 heterocycles. The van der Waals surface area contributed by atoms with Gasteiger partial charge in [-0.25, -0.2) is 0 Å². The maximum atomic E-state index is 12.8. The number of phenols is 1. The van der Waals surface area contributed by atoms with Crippen molar-refractivity contribution in [1.29, 1.82) is 0 Å². The number of aromatic hydroxyl groups is 1. The van der Waals surface area contributed by atoms with Crippen LogP contribution in [0.5, 0.6) is 5.75 Å². The lowest BCUT2D eigenvalue weighted by atomic mass is 10.0. The molecule has 2 aromatic rings. The van der Waals surface area contributed by atoms with Gasteiger partial charge in [0.15, 0.2) is 0 Å². The van der Waals surface area contributed by atoms with Gasteiger partial charge >= 0.3 is 0 Å². The van der Waals surface area contributed by atoms with Crippen LogP contribution in [0.3, 0.4) is 0 Å². The number of para-hydroxylation sites is 1. The van der Waals surface area contributed by atoms with Crippen molar-refractivity contribution in [2.75, 3.05) is 13.1 Å². The molecule has 1 fully saturated rings. The SMILES string of the molecule is CC(C)N1C(=O)c2ccc(C(=O)NC3CCN(C(=O)c4ccccc4O)CC3)cc2C1=O. The van der Waals surface area contributed by atoms with Crippen molar-refractivity contribution in [2.45, 2.75) is 38.8 Å². The second kappa shape index (κ2) is 8.45. The smallest absolute Gasteiger partial charge is 0.261 e. The number of nitrogens with zero attached hydrogens (tertiary/aromatic N) is 2. The van der Waals surface area contributed by atoms with Gasteiger partial charge in [0.2, 0.25) is 0 Å². The minimum Gasteiger partial charge on any atom is -0.507 e. The van der Waals surface area contributed by atoms with Crippen molar-refractivity contribution in [3.63, 3.8) is 0 Å². The molecule has 8 nitrogen and oxygen atoms in total. The van der Waals surface area contributed by atoms with Gasteiger partial charge in [-0.15, -0.1) is 0 Å². The van der Waals surface area contributed by atoms with Gasteiger partial charge in [-0.2, -0.15) is 0 Å². The van der Waals surface area contributed by atoms with E-state index in [0.29, 0.717) is 37.1 Å². The van der Waals surface area contributed by atoms with Gasteiger partial charge in [0.05, 0.1) is 16.7 Å². The van der Waals surface area contributed by atoms with Gasteiger partial charge in [-0.05, 0) is 57.0 Å². The van der Waals surface area contributed by atoms with Gasteiger partial charge in [0.1, 0.15) is 5.75 Å². The Morgan fingerprint density at radius 1 is 1.00 bits per heavy atom. The number of piperidine rings is 1. The molecule has 0 aliphatic carbocycles. The molecule has 2 aliphatic rings. The van der Waals surface area contributed by atoms with E-state index >= 15 is 0 Å². The second-order valence-corrected chi connectivity index (χ2v) is 8.39. The fraction of sp³-hybridized carbons (Fsp3) is 0.333. The highest BCUT2D eigenvalue weighted by Gasteiger charge is 2.37. The summed E-state index contributed by atoms with van der Waals surface area (Å²) in [5, 5.41) is 12.9. The maximum absolute atomic E-state index is 12.8. The molecule has 166 valence electrons. The Bertz CT molecular complexity index is 1100. The summed E-state index contributed by atoms with van der Waals surface area (Å²) < 4.78 is 0. The standard InChI is InChI=1S/C24H25N3O5/c1-14(2)27-23(31)17-8-7-15(13-19(17)24(27)32)21(29)25-16-9-11-26(12-10-16)22(30)18-5-3-4-6-20(18)28/h3-8,13-14,16,28H,9-12H2,1-2H3,(H,25,29). The Labute approximate surface area is 185 Å². The van der Waals surface area contributed by atoms with Crippen LogP contribution in [0.1, 0.15) is 68.1 Å². The number of rotatable bonds is 4. The Morgan fingerprint density at radius 2 is 1.66 bits per heavy atom. The van der Waals surface area contributed by atoms with Crippen LogP contribution in [0.4, 0.5) is 0 Å². The number of likely N-dealkylation sites (tertiary alicyclic amines) is 1. The van der Waals surface area contributed by atoms with Crippen LogP contribution < -0.4 is 5.32 Å². The largest absolute Gasteiger partial charge is 0.507 e. The average Bonchev–Trinajstić information content (AvgIpc) is 3.03. The van der Waals surface area contributed by atoms with Crippen LogP contribution in [-0.4, -0.2) is 63.7 Å². The van der Waals surface area contributed by atoms with Gasteiger partial charge in [-0.3, -0.25) is 24.1 Å². The Morgan fingerprint density at radius 3 is 2.31 bits per heavy atom. The first-order valence-electron chi connectivity index (χ1n) is 10.7. The Balaban J connectivity index is 1.38. The zero-order chi connectivity index (χ0) is 23.0. The number of phenolic OH excluding ortho intramolecular Hbond substituents is 1. The van der Waals surface area contributed by atoms with Crippen molar-refractivity contribution in [3.8, 4) is 5.75 Å². The quantitative estimate of drug-likeness (QED) is 0.718. The zero-order valence-corrected chi connectivity index (χ0v) is 18.0. The van der Waals surface area contributed by atoms with Crippen LogP contribution in [0, 0.1) is 0 Å². The van der Waals surface area contributed by atoms with E-state index in [1.54, 1.807) is 43.0 Å². The summed E-state index contributed by atoms with van der Waals surface area (Å²) in [4.78, 5) is 53.2. The molecule has 0 saturated carbocycles. The molecule has 2 aromatic carbocycles. The van der Waals surface area contributed by atoms with E-state index in [1.807, 2.05) is 0 Å². The van der Waals surface area contributed by atoms with E-state index in [9.17, 15) is 24.3 Å². The lowest BCUT2D eigenvalue weighted by molar-refractivity contribution is 0.0607. The van der Waals surface area contributed by atoms with Crippen molar-refractivity contribution < 1.29 is 24.3 Å². The molecule has 8 heteroatoms. The van der Waals surface area contributed by atoms with Crippen LogP contribution in [0.25, 0.3) is 0 Å². The number of fused-ring (bicyclic) bond motifs is 1. The van der Waals surface area contributed by atoms with E-state index in [1.165, 1.54) is 23.1 Å². The van der Waals surface area contributed by atoms with Crippen molar-refractivity contribution in [2.24, 2.45) is 0 Å². The van der Waals surface area contributed by atoms with E-state index in [-0.39, 0.29) is 52.6 Å². The Hall–Kier alpha value is -3.68. The highest BCUT2D eigenvalue weighted by molar-refractivity contribution is 6.22. The van der Waals surface area contributed by atoms with E-state index in [2.05, 4.69) is 5.32 Å². The van der Waals surface area contributed by atoms with Crippen LogP contribution in [-0.2, 0) is 0 Å². The summed E-state index contributed by atoms with van der Waals surface area (Å²) in [7, 11) is 0. The summed E-state index contributed by atoms with van der Waals surface area (Å²) in [6.45, 7) is 4.45. The zero-order valence-electron chi connectivity index (χ0n) is 18.0. The van der Waals surface area contributed by atoms with Crippen LogP contribution in [0.15, 0.2) is 42.5 Å². The van der Waals surface area contributed by atoms with E-state index in [4.69, 9.17) is 0 Å². The number of imide groups is 1. The molecule has 1 saturated heterocycles. The first kappa shape index (κ1) is 21.5. The first-order valence-corrected chi connectivity index (χ1v) is 10.7. The number of carbonyl (C=O) groups is 4. The van der Waals surface area contributed by atoms with Crippen LogP contribution >= 0.6 is 0 Å². The molecular formula is C24H25N3O5. The highest BCUT2D eigenvalue weighted by atomic mass is 16.3. The first-order chi connectivity index (χ1) is 15.3. The lowest BCUT2D eigenvalue weighted by Gasteiger charge is -2.32. The molecule has 2 aliphatic heterocycles. The molecule has 2 N–H and O–H groups in total. The summed E-state index contributed by atoms with van der Waals surface area (Å²) in [6, 6.07) is 10.6. The van der Waals surface area contributed by atoms with Crippen molar-refractivity contribution in [1.82, 2.24) is 15.1 Å². The van der Waals surface area contributed by atoms with Gasteiger partial charge < -0.3 is 15.3 Å². The molecule has 0 bridgehead atoms. The molecule has 4 rings (SSSR count). The number of hydrogen-bond donors (Lipinski definition) is 2. The van der Waals surface area contributed by atoms with E-state index < -0.39 is 0 Å². The average molecular weight is 435 g/mol. The van der Waals surface area contributed by atoms with Gasteiger partial charge in [0, 0.05) is 30.7 Å². The molecular weight excluding hydrogens is 410 g/mol. The third-order valence-electron chi connectivity index (χ3n) is 5.95. The third kappa shape index (κ3) is 3.84. The number of hydrogen-bond acceptors (Lipinski definition) is 5. The third-order valence-corrected chi connectivity index (χ3v) is 5.95. The molecule has 0 unspecified atom stereocenters. The van der Waals surface area contributed by atoms with Gasteiger partial charge in [-0.1, -0.05) is 12.1 Å². The molecule has 0 radical (unpaired) electrons. The summed E-state index contributed by atoms with van der Waals surface area (Å²) in [5.41, 5.74) is 1.15. The molecule has 0 spiro atoms. The molecule has 4 amide bonds. The normalized spacial score (nSPS) is 16.5. The Kier molecular flexibility index (Phi) is 5.69. The van der Waals surface area contributed by atoms with Crippen molar-refractivity contribution in [3.05, 3.63) is 64.7 Å². The fourth-order valence-corrected chi connectivity index (χ4v) is 4.19. The maximum Gasteiger partial charge on any atom is 0.261 e. The number of benzene rings is 2. The highest BCUT2D eigenvalue weighted by Crippen LogP contribution is 2.26. The van der Waals surface area contributed by atoms with E-state index in [0.717, 1.165) is 0 Å². The monoisotopic (exact) mass is 435 g/mol. The predicted molar refractivity (Wildman–Crippen MR) is 117 cm³/mol. The minimum atomic E-state index is -0.384. The van der Waals surface area contributed by atoms with Crippen molar-refractivity contribution >= 4 is 23.6 Å². The molecule has 32 heavy (non-hydrogen) atoms. The number of nitrogens with one attached hydrogen (secondary N) is 1. The summed E-state index contributed by atoms with van der Waals surface area (Å²) >= 11 is 0. The number of amides is 4. The fourth-order valence-electron chi connectivity index (χ4n) is 4.19. The topological polar surface area (TPSA) is 107 Å². The lowest BCUT2D eigenvalue weighted by Crippen LogP contribution is -2.46. The molecule has 0 atom stereocenters. The minimum absolute atomic E-state index is 0.0476. The summed E-state index contributed by atoms with van der Waals surface area (Å²) in [6.07, 6.45) is 1.16. The van der Waals surface area contributed by atoms with Crippen LogP contribution in [0.2, 0.25) is 0 Å². The van der Waals surface area contributed by atoms with Gasteiger partial charge in [0.25, 0.3) is 23.6 Å².